The molecule has 1 unspecified atom stereocenters. The van der Waals surface area contributed by atoms with Crippen LogP contribution in [0.3, 0.4) is 0 Å². The summed E-state index contributed by atoms with van der Waals surface area (Å²) in [5.41, 5.74) is 2.56. The Kier molecular flexibility index (Phi) is 7.51. The van der Waals surface area contributed by atoms with Crippen LogP contribution >= 0.6 is 11.8 Å². The number of rotatable bonds is 8. The van der Waals surface area contributed by atoms with Gasteiger partial charge in [0.1, 0.15) is 0 Å². The molecule has 3 N–H and O–H groups in total. The smallest absolute Gasteiger partial charge is 0.252 e. The zero-order valence-corrected chi connectivity index (χ0v) is 17.0. The summed E-state index contributed by atoms with van der Waals surface area (Å²) >= 11 is 1.38. The maximum Gasteiger partial charge on any atom is 0.252 e. The van der Waals surface area contributed by atoms with Gasteiger partial charge in [-0.3, -0.25) is 9.59 Å². The molecule has 0 radical (unpaired) electrons. The van der Waals surface area contributed by atoms with Crippen molar-refractivity contribution in [3.8, 4) is 0 Å². The van der Waals surface area contributed by atoms with Crippen LogP contribution in [0.25, 0.3) is 0 Å². The Hall–Kier alpha value is -2.31. The molecular weight excluding hydrogens is 370 g/mol. The molecule has 5 nitrogen and oxygen atoms in total. The predicted octanol–water partition coefficient (Wildman–Crippen LogP) is 3.46. The molecule has 0 bridgehead atoms. The van der Waals surface area contributed by atoms with E-state index in [0.717, 1.165) is 35.7 Å². The molecule has 1 fully saturated rings. The number of amides is 2. The topological polar surface area (TPSA) is 70.2 Å². The second-order valence-corrected chi connectivity index (χ2v) is 8.12. The molecule has 1 heterocycles. The van der Waals surface area contributed by atoms with E-state index in [1.807, 2.05) is 55.5 Å². The van der Waals surface area contributed by atoms with E-state index in [4.69, 9.17) is 0 Å². The molecule has 6 heteroatoms. The highest BCUT2D eigenvalue weighted by atomic mass is 32.2. The van der Waals surface area contributed by atoms with Gasteiger partial charge in [-0.15, -0.1) is 11.8 Å². The Bertz CT molecular complexity index is 802. The summed E-state index contributed by atoms with van der Waals surface area (Å²) in [6.45, 7) is 4.80. The third kappa shape index (κ3) is 6.11. The first-order valence-corrected chi connectivity index (χ1v) is 10.7. The lowest BCUT2D eigenvalue weighted by Gasteiger charge is -2.12. The Labute approximate surface area is 170 Å². The molecule has 0 aliphatic carbocycles. The molecule has 2 aromatic carbocycles. The number of hydrogen-bond acceptors (Lipinski definition) is 4. The van der Waals surface area contributed by atoms with Crippen molar-refractivity contribution in [2.24, 2.45) is 5.92 Å². The Morgan fingerprint density at radius 1 is 1.14 bits per heavy atom. The molecule has 1 atom stereocenters. The minimum atomic E-state index is -0.0854. The molecule has 2 aromatic rings. The van der Waals surface area contributed by atoms with Gasteiger partial charge in [0.25, 0.3) is 5.91 Å². The number of aryl methyl sites for hydroxylation is 1. The van der Waals surface area contributed by atoms with Crippen LogP contribution in [0, 0.1) is 12.8 Å². The van der Waals surface area contributed by atoms with Crippen LogP contribution in [0.2, 0.25) is 0 Å². The molecular formula is C22H27N3O2S. The Morgan fingerprint density at radius 3 is 2.68 bits per heavy atom. The summed E-state index contributed by atoms with van der Waals surface area (Å²) in [6, 6.07) is 15.1. The fourth-order valence-corrected chi connectivity index (χ4v) is 4.05. The number of nitrogens with one attached hydrogen (secondary N) is 3. The SMILES string of the molecule is Cc1ccc(NC(=O)CSc2ccccc2C(=O)NCCC2CCNC2)cc1. The number of thioether (sulfide) groups is 1. The number of anilines is 1. The van der Waals surface area contributed by atoms with E-state index in [1.54, 1.807) is 0 Å². The maximum atomic E-state index is 12.6. The van der Waals surface area contributed by atoms with Gasteiger partial charge in [-0.1, -0.05) is 29.8 Å². The lowest BCUT2D eigenvalue weighted by Crippen LogP contribution is -2.27. The van der Waals surface area contributed by atoms with Crippen molar-refractivity contribution in [1.82, 2.24) is 10.6 Å². The zero-order chi connectivity index (χ0) is 19.8. The van der Waals surface area contributed by atoms with E-state index in [-0.39, 0.29) is 17.6 Å². The van der Waals surface area contributed by atoms with Crippen molar-refractivity contribution in [2.75, 3.05) is 30.7 Å². The highest BCUT2D eigenvalue weighted by Gasteiger charge is 2.16. The monoisotopic (exact) mass is 397 g/mol. The van der Waals surface area contributed by atoms with Crippen LogP contribution in [0.4, 0.5) is 5.69 Å². The van der Waals surface area contributed by atoms with Gasteiger partial charge in [0.15, 0.2) is 0 Å². The average molecular weight is 398 g/mol. The Balaban J connectivity index is 1.50. The van der Waals surface area contributed by atoms with E-state index >= 15 is 0 Å². The van der Waals surface area contributed by atoms with Gasteiger partial charge in [0.2, 0.25) is 5.91 Å². The molecule has 3 rings (SSSR count). The van der Waals surface area contributed by atoms with Gasteiger partial charge in [-0.05, 0) is 63.0 Å². The van der Waals surface area contributed by atoms with Crippen molar-refractivity contribution in [3.05, 3.63) is 59.7 Å². The second kappa shape index (κ2) is 10.3. The first-order valence-electron chi connectivity index (χ1n) is 9.69. The summed E-state index contributed by atoms with van der Waals surface area (Å²) in [5.74, 6) is 0.743. The summed E-state index contributed by atoms with van der Waals surface area (Å²) in [4.78, 5) is 25.6. The van der Waals surface area contributed by atoms with Gasteiger partial charge in [0.05, 0.1) is 11.3 Å². The molecule has 0 spiro atoms. The third-order valence-corrected chi connectivity index (χ3v) is 5.90. The average Bonchev–Trinajstić information content (AvgIpc) is 3.22. The lowest BCUT2D eigenvalue weighted by molar-refractivity contribution is -0.113. The van der Waals surface area contributed by atoms with Gasteiger partial charge in [0, 0.05) is 17.1 Å². The van der Waals surface area contributed by atoms with Crippen LogP contribution in [0.1, 0.15) is 28.8 Å². The lowest BCUT2D eigenvalue weighted by atomic mass is 10.1. The molecule has 1 aliphatic rings. The van der Waals surface area contributed by atoms with Crippen molar-refractivity contribution in [2.45, 2.75) is 24.7 Å². The zero-order valence-electron chi connectivity index (χ0n) is 16.2. The number of hydrogen-bond donors (Lipinski definition) is 3. The van der Waals surface area contributed by atoms with Crippen molar-refractivity contribution >= 4 is 29.3 Å². The molecule has 0 saturated carbocycles. The largest absolute Gasteiger partial charge is 0.352 e. The van der Waals surface area contributed by atoms with Crippen LogP contribution in [-0.4, -0.2) is 37.2 Å². The van der Waals surface area contributed by atoms with Crippen LogP contribution in [-0.2, 0) is 4.79 Å². The summed E-state index contributed by atoms with van der Waals surface area (Å²) in [5, 5.41) is 9.25. The minimum absolute atomic E-state index is 0.0759. The molecule has 148 valence electrons. The summed E-state index contributed by atoms with van der Waals surface area (Å²) in [7, 11) is 0. The summed E-state index contributed by atoms with van der Waals surface area (Å²) in [6.07, 6.45) is 2.17. The number of carbonyl (C=O) groups excluding carboxylic acids is 2. The highest BCUT2D eigenvalue weighted by Crippen LogP contribution is 2.23. The molecule has 28 heavy (non-hydrogen) atoms. The van der Waals surface area contributed by atoms with E-state index in [1.165, 1.54) is 18.2 Å². The van der Waals surface area contributed by atoms with Crippen LogP contribution in [0.5, 0.6) is 0 Å². The second-order valence-electron chi connectivity index (χ2n) is 7.10. The van der Waals surface area contributed by atoms with Gasteiger partial charge >= 0.3 is 0 Å². The molecule has 1 aliphatic heterocycles. The van der Waals surface area contributed by atoms with Crippen molar-refractivity contribution < 1.29 is 9.59 Å². The highest BCUT2D eigenvalue weighted by molar-refractivity contribution is 8.00. The van der Waals surface area contributed by atoms with Crippen LogP contribution < -0.4 is 16.0 Å². The standard InChI is InChI=1S/C22H27N3O2S/c1-16-6-8-18(9-7-16)25-21(26)15-28-20-5-3-2-4-19(20)22(27)24-13-11-17-10-12-23-14-17/h2-9,17,23H,10-15H2,1H3,(H,24,27)(H,25,26). The predicted molar refractivity (Wildman–Crippen MR) is 115 cm³/mol. The Morgan fingerprint density at radius 2 is 1.93 bits per heavy atom. The van der Waals surface area contributed by atoms with Gasteiger partial charge in [-0.25, -0.2) is 0 Å². The number of carbonyl (C=O) groups is 2. The normalized spacial score (nSPS) is 16.0. The van der Waals surface area contributed by atoms with Crippen molar-refractivity contribution in [1.29, 1.82) is 0 Å². The van der Waals surface area contributed by atoms with Gasteiger partial charge < -0.3 is 16.0 Å². The van der Waals surface area contributed by atoms with E-state index in [2.05, 4.69) is 16.0 Å². The third-order valence-electron chi connectivity index (χ3n) is 4.83. The molecule has 2 amide bonds. The fraction of sp³-hybridized carbons (Fsp3) is 0.364. The minimum Gasteiger partial charge on any atom is -0.352 e. The molecule has 0 aromatic heterocycles. The van der Waals surface area contributed by atoms with E-state index in [9.17, 15) is 9.59 Å². The van der Waals surface area contributed by atoms with Gasteiger partial charge in [-0.2, -0.15) is 0 Å². The first kappa shape index (κ1) is 20.4. The van der Waals surface area contributed by atoms with Crippen molar-refractivity contribution in [3.63, 3.8) is 0 Å². The number of benzene rings is 2. The van der Waals surface area contributed by atoms with E-state index < -0.39 is 0 Å². The quantitative estimate of drug-likeness (QED) is 0.597. The first-order chi connectivity index (χ1) is 13.6. The summed E-state index contributed by atoms with van der Waals surface area (Å²) < 4.78 is 0. The fourth-order valence-electron chi connectivity index (χ4n) is 3.20. The maximum absolute atomic E-state index is 12.6. The van der Waals surface area contributed by atoms with Crippen LogP contribution in [0.15, 0.2) is 53.4 Å². The van der Waals surface area contributed by atoms with E-state index in [0.29, 0.717) is 18.0 Å². The molecule has 1 saturated heterocycles.